The smallest absolute Gasteiger partial charge is 0.240 e. The molecule has 1 N–H and O–H groups in total. The monoisotopic (exact) mass is 324 g/mol. The average molecular weight is 325 g/mol. The molecule has 0 aromatic heterocycles. The average Bonchev–Trinajstić information content (AvgIpc) is 2.42. The lowest BCUT2D eigenvalue weighted by atomic mass is 10.1. The Morgan fingerprint density at radius 3 is 2.53 bits per heavy atom. The lowest BCUT2D eigenvalue weighted by molar-refractivity contribution is -0.121. The molecular weight excluding hydrogens is 304 g/mol. The maximum absolute atomic E-state index is 11.6. The Hall–Kier alpha value is -1.16. The molecule has 1 aromatic rings. The maximum Gasteiger partial charge on any atom is 0.240 e. The van der Waals surface area contributed by atoms with Crippen LogP contribution in [-0.2, 0) is 4.79 Å². The number of hydrogen-bond donors (Lipinski definition) is 1. The number of carbonyl (C=O) groups excluding carboxylic acids is 1. The van der Waals surface area contributed by atoms with Gasteiger partial charge in [-0.2, -0.15) is 5.10 Å². The van der Waals surface area contributed by atoms with Gasteiger partial charge in [0.1, 0.15) is 0 Å². The highest BCUT2D eigenvalue weighted by Gasteiger charge is 2.01. The third-order valence-electron chi connectivity index (χ3n) is 2.87. The van der Waals surface area contributed by atoms with Gasteiger partial charge in [-0.3, -0.25) is 4.79 Å². The van der Waals surface area contributed by atoms with Crippen LogP contribution in [0.3, 0.4) is 0 Å². The van der Waals surface area contributed by atoms with Gasteiger partial charge in [-0.15, -0.1) is 0 Å². The summed E-state index contributed by atoms with van der Waals surface area (Å²) in [4.78, 5) is 11.6. The summed E-state index contributed by atoms with van der Waals surface area (Å²) in [7, 11) is 0. The third-order valence-corrected chi connectivity index (χ3v) is 3.40. The fraction of sp³-hybridized carbons (Fsp3) is 0.467. The van der Waals surface area contributed by atoms with Crippen LogP contribution in [0.15, 0.2) is 33.8 Å². The van der Waals surface area contributed by atoms with E-state index in [2.05, 4.69) is 33.4 Å². The second-order valence-corrected chi connectivity index (χ2v) is 5.47. The molecule has 104 valence electrons. The van der Waals surface area contributed by atoms with Crippen LogP contribution in [0.2, 0.25) is 0 Å². The van der Waals surface area contributed by atoms with E-state index in [0.29, 0.717) is 6.42 Å². The summed E-state index contributed by atoms with van der Waals surface area (Å²) in [5, 5.41) is 4.12. The molecular formula is C15H21BrN2O. The predicted octanol–water partition coefficient (Wildman–Crippen LogP) is 4.26. The summed E-state index contributed by atoms with van der Waals surface area (Å²) in [5.41, 5.74) is 4.43. The highest BCUT2D eigenvalue weighted by Crippen LogP contribution is 2.11. The molecule has 0 aliphatic rings. The molecule has 0 fully saturated rings. The fourth-order valence-corrected chi connectivity index (χ4v) is 1.93. The van der Waals surface area contributed by atoms with E-state index >= 15 is 0 Å². The predicted molar refractivity (Wildman–Crippen MR) is 83.3 cm³/mol. The van der Waals surface area contributed by atoms with Crippen LogP contribution in [0.25, 0.3) is 0 Å². The molecule has 0 saturated carbocycles. The van der Waals surface area contributed by atoms with Gasteiger partial charge in [0.15, 0.2) is 0 Å². The van der Waals surface area contributed by atoms with Crippen LogP contribution < -0.4 is 5.43 Å². The number of benzene rings is 1. The van der Waals surface area contributed by atoms with Crippen LogP contribution >= 0.6 is 15.9 Å². The SMILES string of the molecule is CCCCCCC(=O)N/N=C(\C)c1ccc(Br)cc1. The fourth-order valence-electron chi connectivity index (χ4n) is 1.67. The largest absolute Gasteiger partial charge is 0.273 e. The maximum atomic E-state index is 11.6. The number of carbonyl (C=O) groups is 1. The molecule has 19 heavy (non-hydrogen) atoms. The molecule has 4 heteroatoms. The van der Waals surface area contributed by atoms with Crippen LogP contribution in [0, 0.1) is 0 Å². The van der Waals surface area contributed by atoms with Gasteiger partial charge in [0, 0.05) is 10.9 Å². The second kappa shape index (κ2) is 8.86. The Kier molecular flexibility index (Phi) is 7.41. The normalized spacial score (nSPS) is 11.4. The Labute approximate surface area is 123 Å². The lowest BCUT2D eigenvalue weighted by Crippen LogP contribution is -2.18. The summed E-state index contributed by atoms with van der Waals surface area (Å²) in [6, 6.07) is 7.86. The zero-order valence-electron chi connectivity index (χ0n) is 11.6. The first-order chi connectivity index (χ1) is 9.13. The van der Waals surface area contributed by atoms with Gasteiger partial charge in [-0.25, -0.2) is 5.43 Å². The number of hydrazone groups is 1. The molecule has 0 radical (unpaired) electrons. The minimum atomic E-state index is -0.00688. The van der Waals surface area contributed by atoms with E-state index in [0.717, 1.165) is 28.6 Å². The summed E-state index contributed by atoms with van der Waals surface area (Å²) in [6.45, 7) is 4.05. The lowest BCUT2D eigenvalue weighted by Gasteiger charge is -2.03. The standard InChI is InChI=1S/C15H21BrN2O/c1-3-4-5-6-7-15(19)18-17-12(2)13-8-10-14(16)11-9-13/h8-11H,3-7H2,1-2H3,(H,18,19)/b17-12+. The molecule has 0 saturated heterocycles. The second-order valence-electron chi connectivity index (χ2n) is 4.55. The van der Waals surface area contributed by atoms with Crippen LogP contribution in [0.1, 0.15) is 51.5 Å². The molecule has 0 spiro atoms. The number of unbranched alkanes of at least 4 members (excludes halogenated alkanes) is 3. The molecule has 1 aromatic carbocycles. The molecule has 0 unspecified atom stereocenters. The summed E-state index contributed by atoms with van der Waals surface area (Å²) in [5.74, 6) is -0.00688. The molecule has 1 amide bonds. The van der Waals surface area contributed by atoms with Crippen LogP contribution in [-0.4, -0.2) is 11.6 Å². The number of rotatable bonds is 7. The first-order valence-electron chi connectivity index (χ1n) is 6.72. The Morgan fingerprint density at radius 2 is 1.89 bits per heavy atom. The zero-order valence-corrected chi connectivity index (χ0v) is 13.2. The third kappa shape index (κ3) is 6.53. The van der Waals surface area contributed by atoms with E-state index < -0.39 is 0 Å². The number of nitrogens with one attached hydrogen (secondary N) is 1. The van der Waals surface area contributed by atoms with Crippen molar-refractivity contribution in [1.82, 2.24) is 5.43 Å². The molecule has 1 rings (SSSR count). The molecule has 0 heterocycles. The quantitative estimate of drug-likeness (QED) is 0.454. The Morgan fingerprint density at radius 1 is 1.21 bits per heavy atom. The zero-order chi connectivity index (χ0) is 14.1. The van der Waals surface area contributed by atoms with Gasteiger partial charge in [0.05, 0.1) is 5.71 Å². The van der Waals surface area contributed by atoms with Crippen LogP contribution in [0.4, 0.5) is 0 Å². The number of nitrogens with zero attached hydrogens (tertiary/aromatic N) is 1. The molecule has 0 atom stereocenters. The van der Waals surface area contributed by atoms with Gasteiger partial charge in [-0.05, 0) is 31.0 Å². The van der Waals surface area contributed by atoms with Crippen molar-refractivity contribution < 1.29 is 4.79 Å². The van der Waals surface area contributed by atoms with Crippen molar-refractivity contribution in [3.05, 3.63) is 34.3 Å². The summed E-state index contributed by atoms with van der Waals surface area (Å²) >= 11 is 3.39. The van der Waals surface area contributed by atoms with Gasteiger partial charge < -0.3 is 0 Å². The van der Waals surface area contributed by atoms with Gasteiger partial charge >= 0.3 is 0 Å². The minimum absolute atomic E-state index is 0.00688. The highest BCUT2D eigenvalue weighted by molar-refractivity contribution is 9.10. The number of amides is 1. The molecule has 3 nitrogen and oxygen atoms in total. The van der Waals surface area contributed by atoms with E-state index in [9.17, 15) is 4.79 Å². The highest BCUT2D eigenvalue weighted by atomic mass is 79.9. The summed E-state index contributed by atoms with van der Waals surface area (Å²) < 4.78 is 1.03. The van der Waals surface area contributed by atoms with E-state index in [4.69, 9.17) is 0 Å². The van der Waals surface area contributed by atoms with Crippen molar-refractivity contribution >= 4 is 27.5 Å². The van der Waals surface area contributed by atoms with E-state index in [1.807, 2.05) is 31.2 Å². The number of hydrogen-bond acceptors (Lipinski definition) is 2. The van der Waals surface area contributed by atoms with Crippen molar-refractivity contribution in [2.75, 3.05) is 0 Å². The minimum Gasteiger partial charge on any atom is -0.273 e. The topological polar surface area (TPSA) is 41.5 Å². The first-order valence-corrected chi connectivity index (χ1v) is 7.52. The summed E-state index contributed by atoms with van der Waals surface area (Å²) in [6.07, 6.45) is 4.97. The van der Waals surface area contributed by atoms with Crippen molar-refractivity contribution in [3.63, 3.8) is 0 Å². The first kappa shape index (κ1) is 15.9. The van der Waals surface area contributed by atoms with Crippen molar-refractivity contribution in [1.29, 1.82) is 0 Å². The van der Waals surface area contributed by atoms with Crippen molar-refractivity contribution in [2.45, 2.75) is 46.0 Å². The van der Waals surface area contributed by atoms with Gasteiger partial charge in [-0.1, -0.05) is 54.2 Å². The Bertz CT molecular complexity index is 426. The van der Waals surface area contributed by atoms with E-state index in [1.165, 1.54) is 12.8 Å². The van der Waals surface area contributed by atoms with Gasteiger partial charge in [0.2, 0.25) is 5.91 Å². The van der Waals surface area contributed by atoms with Crippen molar-refractivity contribution in [2.24, 2.45) is 5.10 Å². The number of halogens is 1. The molecule has 0 aliphatic carbocycles. The van der Waals surface area contributed by atoms with Crippen LogP contribution in [0.5, 0.6) is 0 Å². The Balaban J connectivity index is 2.38. The van der Waals surface area contributed by atoms with E-state index in [-0.39, 0.29) is 5.91 Å². The molecule has 0 aliphatic heterocycles. The van der Waals surface area contributed by atoms with Crippen molar-refractivity contribution in [3.8, 4) is 0 Å². The van der Waals surface area contributed by atoms with E-state index in [1.54, 1.807) is 0 Å². The molecule has 0 bridgehead atoms. The van der Waals surface area contributed by atoms with Gasteiger partial charge in [0.25, 0.3) is 0 Å².